The normalized spacial score (nSPS) is 28.1. The van der Waals surface area contributed by atoms with E-state index in [4.69, 9.17) is 0 Å². The molecule has 1 saturated heterocycles. The van der Waals surface area contributed by atoms with E-state index < -0.39 is 12.2 Å². The molecule has 1 fully saturated rings. The van der Waals surface area contributed by atoms with Crippen molar-refractivity contribution >= 4 is 5.91 Å². The van der Waals surface area contributed by atoms with Crippen LogP contribution in [0.15, 0.2) is 0 Å². The second kappa shape index (κ2) is 4.47. The predicted octanol–water partition coefficient (Wildman–Crippen LogP) is -1.06. The Bertz CT molecular complexity index is 227. The van der Waals surface area contributed by atoms with Crippen molar-refractivity contribution in [2.45, 2.75) is 38.5 Å². The summed E-state index contributed by atoms with van der Waals surface area (Å²) in [6, 6.07) is 0. The van der Waals surface area contributed by atoms with Gasteiger partial charge in [-0.25, -0.2) is 0 Å². The van der Waals surface area contributed by atoms with E-state index in [2.05, 4.69) is 5.32 Å². The van der Waals surface area contributed by atoms with Gasteiger partial charge in [-0.2, -0.15) is 0 Å². The Kier molecular flexibility index (Phi) is 3.70. The van der Waals surface area contributed by atoms with Crippen LogP contribution in [0.3, 0.4) is 0 Å². The lowest BCUT2D eigenvalue weighted by atomic mass is 10.1. The molecule has 1 amide bonds. The smallest absolute Gasteiger partial charge is 0.234 e. The van der Waals surface area contributed by atoms with Gasteiger partial charge >= 0.3 is 0 Å². The van der Waals surface area contributed by atoms with Crippen molar-refractivity contribution in [3.8, 4) is 0 Å². The summed E-state index contributed by atoms with van der Waals surface area (Å²) in [6.07, 6.45) is -1.46. The van der Waals surface area contributed by atoms with E-state index in [-0.39, 0.29) is 18.0 Å². The number of nitrogens with zero attached hydrogens (tertiary/aromatic N) is 1. The standard InChI is InChI=1S/C10H20N2O3/c1-10(2,3)11-9(15)6-12-4-7(13)8(14)5-12/h7-8,13-14H,4-6H2,1-3H3,(H,11,15)/t7-,8+. The number of amides is 1. The van der Waals surface area contributed by atoms with Crippen molar-refractivity contribution in [1.29, 1.82) is 0 Å². The first-order valence-corrected chi connectivity index (χ1v) is 5.17. The van der Waals surface area contributed by atoms with Crippen molar-refractivity contribution in [3.05, 3.63) is 0 Å². The number of hydrogen-bond donors (Lipinski definition) is 3. The van der Waals surface area contributed by atoms with E-state index in [1.54, 1.807) is 4.90 Å². The maximum Gasteiger partial charge on any atom is 0.234 e. The Balaban J connectivity index is 2.34. The van der Waals surface area contributed by atoms with Crippen molar-refractivity contribution in [1.82, 2.24) is 10.2 Å². The van der Waals surface area contributed by atoms with Crippen LogP contribution in [0.5, 0.6) is 0 Å². The molecule has 0 unspecified atom stereocenters. The molecule has 88 valence electrons. The van der Waals surface area contributed by atoms with Crippen LogP contribution < -0.4 is 5.32 Å². The highest BCUT2D eigenvalue weighted by atomic mass is 16.3. The third-order valence-corrected chi connectivity index (χ3v) is 2.22. The van der Waals surface area contributed by atoms with Gasteiger partial charge in [0.15, 0.2) is 0 Å². The summed E-state index contributed by atoms with van der Waals surface area (Å²) < 4.78 is 0. The zero-order chi connectivity index (χ0) is 11.6. The van der Waals surface area contributed by atoms with Gasteiger partial charge in [0.2, 0.25) is 5.91 Å². The molecule has 0 aliphatic carbocycles. The van der Waals surface area contributed by atoms with Gasteiger partial charge in [-0.3, -0.25) is 9.69 Å². The summed E-state index contributed by atoms with van der Waals surface area (Å²) in [5.74, 6) is -0.0798. The molecule has 1 aliphatic heterocycles. The first-order valence-electron chi connectivity index (χ1n) is 5.17. The number of aliphatic hydroxyl groups is 2. The fourth-order valence-corrected chi connectivity index (χ4v) is 1.64. The van der Waals surface area contributed by atoms with Crippen LogP contribution in [0.2, 0.25) is 0 Å². The zero-order valence-electron chi connectivity index (χ0n) is 9.53. The largest absolute Gasteiger partial charge is 0.389 e. The van der Waals surface area contributed by atoms with Crippen LogP contribution in [-0.4, -0.2) is 58.4 Å². The molecule has 5 nitrogen and oxygen atoms in total. The van der Waals surface area contributed by atoms with Crippen LogP contribution in [0, 0.1) is 0 Å². The molecule has 3 N–H and O–H groups in total. The molecular weight excluding hydrogens is 196 g/mol. The Morgan fingerprint density at radius 2 is 1.80 bits per heavy atom. The molecule has 0 saturated carbocycles. The molecule has 0 aromatic carbocycles. The summed E-state index contributed by atoms with van der Waals surface area (Å²) in [4.78, 5) is 13.3. The molecule has 0 spiro atoms. The van der Waals surface area contributed by atoms with Gasteiger partial charge in [0.25, 0.3) is 0 Å². The predicted molar refractivity (Wildman–Crippen MR) is 56.3 cm³/mol. The highest BCUT2D eigenvalue weighted by Crippen LogP contribution is 2.09. The van der Waals surface area contributed by atoms with Gasteiger partial charge in [0.05, 0.1) is 18.8 Å². The summed E-state index contributed by atoms with van der Waals surface area (Å²) in [6.45, 7) is 6.69. The Labute approximate surface area is 90.1 Å². The Hall–Kier alpha value is -0.650. The summed E-state index contributed by atoms with van der Waals surface area (Å²) in [5.41, 5.74) is -0.242. The molecule has 1 aliphatic rings. The Morgan fingerprint density at radius 3 is 2.20 bits per heavy atom. The lowest BCUT2D eigenvalue weighted by Gasteiger charge is -2.22. The number of β-amino-alcohol motifs (C(OH)–C–C–N with tert-alkyl or cyclic N) is 2. The van der Waals surface area contributed by atoms with Gasteiger partial charge in [0.1, 0.15) is 0 Å². The van der Waals surface area contributed by atoms with Crippen LogP contribution in [0.4, 0.5) is 0 Å². The molecule has 0 bridgehead atoms. The minimum absolute atomic E-state index is 0.0798. The number of carbonyl (C=O) groups excluding carboxylic acids is 1. The maximum atomic E-state index is 11.5. The third kappa shape index (κ3) is 4.15. The summed E-state index contributed by atoms with van der Waals surface area (Å²) >= 11 is 0. The van der Waals surface area contributed by atoms with Crippen molar-refractivity contribution in [3.63, 3.8) is 0 Å². The van der Waals surface area contributed by atoms with Crippen molar-refractivity contribution in [2.75, 3.05) is 19.6 Å². The van der Waals surface area contributed by atoms with E-state index >= 15 is 0 Å². The number of carbonyl (C=O) groups is 1. The van der Waals surface area contributed by atoms with E-state index in [1.807, 2.05) is 20.8 Å². The van der Waals surface area contributed by atoms with Gasteiger partial charge < -0.3 is 15.5 Å². The van der Waals surface area contributed by atoms with Gasteiger partial charge in [-0.15, -0.1) is 0 Å². The van der Waals surface area contributed by atoms with E-state index in [0.29, 0.717) is 13.1 Å². The number of hydrogen-bond acceptors (Lipinski definition) is 4. The molecule has 1 heterocycles. The first-order chi connectivity index (χ1) is 6.78. The molecule has 2 atom stereocenters. The second-order valence-corrected chi connectivity index (χ2v) is 5.13. The monoisotopic (exact) mass is 216 g/mol. The molecule has 5 heteroatoms. The molecule has 0 aromatic heterocycles. The van der Waals surface area contributed by atoms with Gasteiger partial charge in [-0.05, 0) is 20.8 Å². The average Bonchev–Trinajstić information content (AvgIpc) is 2.26. The quantitative estimate of drug-likeness (QED) is 0.550. The fraction of sp³-hybridized carbons (Fsp3) is 0.900. The molecule has 1 rings (SSSR count). The topological polar surface area (TPSA) is 72.8 Å². The first kappa shape index (κ1) is 12.4. The molecule has 0 aromatic rings. The van der Waals surface area contributed by atoms with Gasteiger partial charge in [-0.1, -0.05) is 0 Å². The van der Waals surface area contributed by atoms with E-state index in [1.165, 1.54) is 0 Å². The fourth-order valence-electron chi connectivity index (χ4n) is 1.64. The molecule has 0 radical (unpaired) electrons. The molecule has 15 heavy (non-hydrogen) atoms. The highest BCUT2D eigenvalue weighted by molar-refractivity contribution is 5.78. The SMILES string of the molecule is CC(C)(C)NC(=O)CN1C[C@@H](O)[C@@H](O)C1. The number of nitrogens with one attached hydrogen (secondary N) is 1. The third-order valence-electron chi connectivity index (χ3n) is 2.22. The number of rotatable bonds is 2. The van der Waals surface area contributed by atoms with Crippen LogP contribution in [-0.2, 0) is 4.79 Å². The second-order valence-electron chi connectivity index (χ2n) is 5.13. The average molecular weight is 216 g/mol. The maximum absolute atomic E-state index is 11.5. The van der Waals surface area contributed by atoms with Crippen LogP contribution in [0.25, 0.3) is 0 Å². The highest BCUT2D eigenvalue weighted by Gasteiger charge is 2.30. The number of likely N-dealkylation sites (tertiary alicyclic amines) is 1. The van der Waals surface area contributed by atoms with Gasteiger partial charge in [0, 0.05) is 18.6 Å². The van der Waals surface area contributed by atoms with Crippen molar-refractivity contribution < 1.29 is 15.0 Å². The lowest BCUT2D eigenvalue weighted by molar-refractivity contribution is -0.123. The van der Waals surface area contributed by atoms with Crippen molar-refractivity contribution in [2.24, 2.45) is 0 Å². The van der Waals surface area contributed by atoms with E-state index in [9.17, 15) is 15.0 Å². The number of aliphatic hydroxyl groups excluding tert-OH is 2. The summed E-state index contributed by atoms with van der Waals surface area (Å²) in [7, 11) is 0. The molecular formula is C10H20N2O3. The zero-order valence-corrected chi connectivity index (χ0v) is 9.53. The Morgan fingerprint density at radius 1 is 1.33 bits per heavy atom. The van der Waals surface area contributed by atoms with Crippen LogP contribution >= 0.6 is 0 Å². The van der Waals surface area contributed by atoms with Crippen LogP contribution in [0.1, 0.15) is 20.8 Å². The minimum atomic E-state index is -0.729. The van der Waals surface area contributed by atoms with E-state index in [0.717, 1.165) is 0 Å². The summed E-state index contributed by atoms with van der Waals surface area (Å²) in [5, 5.41) is 21.4. The lowest BCUT2D eigenvalue weighted by Crippen LogP contribution is -2.45. The minimum Gasteiger partial charge on any atom is -0.389 e.